The average Bonchev–Trinajstić information content (AvgIpc) is 2.61. The summed E-state index contributed by atoms with van der Waals surface area (Å²) in [7, 11) is -1.90. The van der Waals surface area contributed by atoms with Crippen LogP contribution in [0, 0.1) is 10.1 Å². The smallest absolute Gasteiger partial charge is 0.416 e. The van der Waals surface area contributed by atoms with Gasteiger partial charge in [-0.15, -0.1) is 0 Å². The molecule has 0 radical (unpaired) electrons. The monoisotopic (exact) mass is 439 g/mol. The van der Waals surface area contributed by atoms with E-state index in [9.17, 15) is 27.9 Å². The van der Waals surface area contributed by atoms with E-state index in [2.05, 4.69) is 0 Å². The Morgan fingerprint density at radius 1 is 1.18 bits per heavy atom. The molecule has 0 bridgehead atoms. The van der Waals surface area contributed by atoms with Crippen molar-refractivity contribution >= 4 is 24.7 Å². The first-order valence-corrected chi connectivity index (χ1v) is 10.1. The largest absolute Gasteiger partial charge is 0.476 e. The molecular weight excluding hydrogens is 426 g/mol. The van der Waals surface area contributed by atoms with Crippen LogP contribution in [0.2, 0.25) is 5.02 Å². The highest BCUT2D eigenvalue weighted by Gasteiger charge is 2.31. The third-order valence-electron chi connectivity index (χ3n) is 3.46. The number of benzene rings is 2. The highest BCUT2D eigenvalue weighted by molar-refractivity contribution is 7.57. The number of hydrogen-bond donors (Lipinski definition) is 0. The Bertz CT molecular complexity index is 937. The summed E-state index contributed by atoms with van der Waals surface area (Å²) in [5.41, 5.74) is -1.36. The lowest BCUT2D eigenvalue weighted by Gasteiger charge is -2.14. The maximum atomic E-state index is 12.7. The lowest BCUT2D eigenvalue weighted by atomic mass is 10.2. The van der Waals surface area contributed by atoms with Crippen LogP contribution in [0.4, 0.5) is 18.9 Å². The van der Waals surface area contributed by atoms with Gasteiger partial charge in [-0.25, -0.2) is 0 Å². The summed E-state index contributed by atoms with van der Waals surface area (Å²) >= 11 is 5.83. The Morgan fingerprint density at radius 2 is 1.86 bits per heavy atom. The molecule has 1 unspecified atom stereocenters. The van der Waals surface area contributed by atoms with Gasteiger partial charge >= 0.3 is 11.9 Å². The minimum atomic E-state index is -4.56. The van der Waals surface area contributed by atoms with Crippen molar-refractivity contribution in [2.75, 3.05) is 20.1 Å². The molecule has 28 heavy (non-hydrogen) atoms. The number of nitro benzene ring substituents is 1. The fourth-order valence-corrected chi connectivity index (χ4v) is 2.65. The molecule has 0 amide bonds. The Labute approximate surface area is 162 Å². The van der Waals surface area contributed by atoms with Gasteiger partial charge in [-0.1, -0.05) is 11.6 Å². The minimum Gasteiger partial charge on any atom is -0.476 e. The molecule has 1 atom stereocenters. The topological polar surface area (TPSA) is 87.9 Å². The summed E-state index contributed by atoms with van der Waals surface area (Å²) in [5.74, 6) is -0.317. The molecule has 0 aliphatic rings. The van der Waals surface area contributed by atoms with Gasteiger partial charge < -0.3 is 14.0 Å². The second kappa shape index (κ2) is 8.38. The molecule has 0 aromatic heterocycles. The third-order valence-corrected chi connectivity index (χ3v) is 5.12. The van der Waals surface area contributed by atoms with E-state index in [1.54, 1.807) is 0 Å². The number of ether oxygens (including phenoxy) is 2. The van der Waals surface area contributed by atoms with Crippen molar-refractivity contribution in [3.63, 3.8) is 0 Å². The first-order valence-electron chi connectivity index (χ1n) is 7.51. The maximum Gasteiger partial charge on any atom is 0.416 e. The molecule has 0 heterocycles. The van der Waals surface area contributed by atoms with Crippen molar-refractivity contribution in [1.29, 1.82) is 0 Å². The Morgan fingerprint density at radius 3 is 2.39 bits per heavy atom. The molecule has 0 spiro atoms. The van der Waals surface area contributed by atoms with Crippen molar-refractivity contribution in [2.45, 2.75) is 6.18 Å². The zero-order valence-corrected chi connectivity index (χ0v) is 16.2. The number of nitro groups is 1. The first-order chi connectivity index (χ1) is 12.9. The molecule has 152 valence electrons. The van der Waals surface area contributed by atoms with Crippen molar-refractivity contribution < 1.29 is 36.7 Å². The van der Waals surface area contributed by atoms with Gasteiger partial charge in [0.1, 0.15) is 11.5 Å². The van der Waals surface area contributed by atoms with Crippen LogP contribution in [0.5, 0.6) is 17.2 Å². The zero-order chi connectivity index (χ0) is 21.1. The second-order valence-corrected chi connectivity index (χ2v) is 8.66. The third kappa shape index (κ3) is 5.60. The summed E-state index contributed by atoms with van der Waals surface area (Å²) in [4.78, 5) is 10.4. The zero-order valence-electron chi connectivity index (χ0n) is 14.5. The van der Waals surface area contributed by atoms with E-state index in [0.29, 0.717) is 6.07 Å². The van der Waals surface area contributed by atoms with Crippen LogP contribution in [0.15, 0.2) is 36.4 Å². The number of rotatable bonds is 7. The summed E-state index contributed by atoms with van der Waals surface area (Å²) in [6.45, 7) is 1.29. The molecule has 2 aromatic carbocycles. The molecule has 0 saturated carbocycles. The SMILES string of the molecule is COP(C)(=O)COc1cc(Oc2ccc(C(F)(F)F)cc2Cl)ccc1[N+](=O)[O-]. The van der Waals surface area contributed by atoms with E-state index in [4.69, 9.17) is 25.6 Å². The van der Waals surface area contributed by atoms with Gasteiger partial charge in [-0.3, -0.25) is 14.7 Å². The molecule has 0 saturated heterocycles. The van der Waals surface area contributed by atoms with Gasteiger partial charge in [-0.05, 0) is 24.3 Å². The summed E-state index contributed by atoms with van der Waals surface area (Å²) < 4.78 is 65.4. The van der Waals surface area contributed by atoms with Crippen LogP contribution < -0.4 is 9.47 Å². The van der Waals surface area contributed by atoms with Crippen LogP contribution in [-0.2, 0) is 15.3 Å². The van der Waals surface area contributed by atoms with E-state index >= 15 is 0 Å². The highest BCUT2D eigenvalue weighted by Crippen LogP contribution is 2.43. The van der Waals surface area contributed by atoms with E-state index in [1.807, 2.05) is 0 Å². The van der Waals surface area contributed by atoms with Gasteiger partial charge in [0, 0.05) is 25.9 Å². The molecule has 0 aliphatic carbocycles. The normalized spacial score (nSPS) is 13.6. The van der Waals surface area contributed by atoms with Gasteiger partial charge in [-0.2, -0.15) is 13.2 Å². The highest BCUT2D eigenvalue weighted by atomic mass is 35.5. The van der Waals surface area contributed by atoms with Crippen LogP contribution in [0.1, 0.15) is 5.56 Å². The van der Waals surface area contributed by atoms with Crippen LogP contribution in [0.3, 0.4) is 0 Å². The maximum absolute atomic E-state index is 12.7. The molecule has 2 rings (SSSR count). The number of hydrogen-bond acceptors (Lipinski definition) is 6. The predicted octanol–water partition coefficient (Wildman–Crippen LogP) is 5.95. The van der Waals surface area contributed by atoms with E-state index < -0.39 is 36.1 Å². The van der Waals surface area contributed by atoms with Gasteiger partial charge in [0.15, 0.2) is 6.35 Å². The Hall–Kier alpha value is -2.29. The molecule has 0 fully saturated rings. The van der Waals surface area contributed by atoms with Crippen LogP contribution in [-0.4, -0.2) is 25.0 Å². The fraction of sp³-hybridized carbons (Fsp3) is 0.250. The second-order valence-electron chi connectivity index (χ2n) is 5.60. The van der Waals surface area contributed by atoms with Crippen LogP contribution >= 0.6 is 19.0 Å². The average molecular weight is 440 g/mol. The van der Waals surface area contributed by atoms with Crippen LogP contribution in [0.25, 0.3) is 0 Å². The van der Waals surface area contributed by atoms with Crippen molar-refractivity contribution in [3.05, 3.63) is 57.1 Å². The predicted molar refractivity (Wildman–Crippen MR) is 95.7 cm³/mol. The molecular formula is C16H14ClF3NO6P. The quantitative estimate of drug-likeness (QED) is 0.301. The standard InChI is InChI=1S/C16H14ClF3NO6P/c1-25-28(2,24)9-26-15-8-11(4-5-13(15)21(22)23)27-14-6-3-10(7-12(14)17)16(18,19)20/h3-8H,9H2,1-2H3. The summed E-state index contributed by atoms with van der Waals surface area (Å²) in [6.07, 6.45) is -4.99. The molecule has 12 heteroatoms. The molecule has 0 N–H and O–H groups in total. The Kier molecular flexibility index (Phi) is 6.59. The Balaban J connectivity index is 2.30. The van der Waals surface area contributed by atoms with Gasteiger partial charge in [0.2, 0.25) is 13.1 Å². The van der Waals surface area contributed by atoms with E-state index in [1.165, 1.54) is 19.8 Å². The molecule has 7 nitrogen and oxygen atoms in total. The first kappa shape index (κ1) is 22.0. The number of alkyl halides is 3. The lowest BCUT2D eigenvalue weighted by Crippen LogP contribution is -2.04. The van der Waals surface area contributed by atoms with Crippen molar-refractivity contribution in [3.8, 4) is 17.2 Å². The van der Waals surface area contributed by atoms with Crippen molar-refractivity contribution in [2.24, 2.45) is 0 Å². The number of halogens is 4. The van der Waals surface area contributed by atoms with E-state index in [0.717, 1.165) is 24.3 Å². The minimum absolute atomic E-state index is 0.0191. The van der Waals surface area contributed by atoms with Crippen molar-refractivity contribution in [1.82, 2.24) is 0 Å². The van der Waals surface area contributed by atoms with Gasteiger partial charge in [0.05, 0.1) is 15.5 Å². The summed E-state index contributed by atoms with van der Waals surface area (Å²) in [5, 5.41) is 10.8. The van der Waals surface area contributed by atoms with E-state index in [-0.39, 0.29) is 22.3 Å². The number of nitrogens with zero attached hydrogens (tertiary/aromatic N) is 1. The fourth-order valence-electron chi connectivity index (χ4n) is 1.95. The lowest BCUT2D eigenvalue weighted by molar-refractivity contribution is -0.385. The summed E-state index contributed by atoms with van der Waals surface area (Å²) in [6, 6.07) is 5.96. The van der Waals surface area contributed by atoms with Gasteiger partial charge in [0.25, 0.3) is 0 Å². The molecule has 0 aliphatic heterocycles. The molecule has 2 aromatic rings.